The summed E-state index contributed by atoms with van der Waals surface area (Å²) in [5.41, 5.74) is 5.38. The first kappa shape index (κ1) is 42.8. The predicted molar refractivity (Wildman–Crippen MR) is 226 cm³/mol. The van der Waals surface area contributed by atoms with Crippen LogP contribution in [0.25, 0.3) is 21.9 Å². The predicted octanol–water partition coefficient (Wildman–Crippen LogP) is 9.49. The van der Waals surface area contributed by atoms with Crippen LogP contribution in [0, 0.1) is 6.92 Å². The van der Waals surface area contributed by atoms with E-state index in [1.165, 1.54) is 5.56 Å². The molecule has 1 heterocycles. The van der Waals surface area contributed by atoms with Crippen LogP contribution in [0.4, 0.5) is 5.69 Å². The van der Waals surface area contributed by atoms with Gasteiger partial charge in [-0.15, -0.1) is 0 Å². The number of benzene rings is 4. The van der Waals surface area contributed by atoms with Crippen molar-refractivity contribution in [3.63, 3.8) is 0 Å². The van der Waals surface area contributed by atoms with Crippen molar-refractivity contribution in [1.29, 1.82) is 0 Å². The molecule has 1 unspecified atom stereocenters. The number of unbranched alkanes of at least 4 members (excludes halogenated alkanes) is 2. The molecule has 0 saturated carbocycles. The molecule has 5 aromatic rings. The van der Waals surface area contributed by atoms with Gasteiger partial charge >= 0.3 is 0 Å². The molecule has 57 heavy (non-hydrogen) atoms. The van der Waals surface area contributed by atoms with Crippen LogP contribution in [0.15, 0.2) is 93.2 Å². The highest BCUT2D eigenvalue weighted by atomic mass is 32.2. The van der Waals surface area contributed by atoms with E-state index in [4.69, 9.17) is 27.9 Å². The van der Waals surface area contributed by atoms with E-state index in [0.29, 0.717) is 98.2 Å². The molecule has 1 atom stereocenters. The molecular formula is C45H53NO10S. The van der Waals surface area contributed by atoms with E-state index >= 15 is 0 Å². The van der Waals surface area contributed by atoms with Gasteiger partial charge in [-0.2, -0.15) is 0 Å². The Morgan fingerprint density at radius 1 is 0.702 bits per heavy atom. The maximum absolute atomic E-state index is 14.5. The van der Waals surface area contributed by atoms with Gasteiger partial charge in [-0.3, -0.25) is 14.1 Å². The molecule has 11 nitrogen and oxygen atoms in total. The SMILES string of the molecule is CC(C)=CCc1c(OCCCCOc2ccc(C)cc2)cc2oc3cc(OCCCCOc4ccc(NS(=O)O)cc4)c(CO)c(CC=C(C)C)c3c(=O)c2c1O. The third-order valence-corrected chi connectivity index (χ3v) is 9.68. The number of aromatic hydroxyl groups is 1. The molecule has 0 fully saturated rings. The fourth-order valence-electron chi connectivity index (χ4n) is 6.23. The first-order chi connectivity index (χ1) is 27.4. The zero-order valence-electron chi connectivity index (χ0n) is 33.3. The molecule has 0 saturated heterocycles. The summed E-state index contributed by atoms with van der Waals surface area (Å²) in [7, 11) is 0. The smallest absolute Gasteiger partial charge is 0.259 e. The molecule has 0 bridgehead atoms. The largest absolute Gasteiger partial charge is 0.507 e. The fourth-order valence-corrected chi connectivity index (χ4v) is 6.57. The second-order valence-electron chi connectivity index (χ2n) is 14.3. The first-order valence-electron chi connectivity index (χ1n) is 19.2. The monoisotopic (exact) mass is 799 g/mol. The average molecular weight is 800 g/mol. The van der Waals surface area contributed by atoms with Gasteiger partial charge in [-0.05, 0) is 115 Å². The molecule has 1 aromatic heterocycles. The number of aliphatic hydroxyl groups excluding tert-OH is 1. The second kappa shape index (κ2) is 20.7. The average Bonchev–Trinajstić information content (AvgIpc) is 3.17. The van der Waals surface area contributed by atoms with Gasteiger partial charge in [-0.25, -0.2) is 4.21 Å². The molecule has 0 aliphatic carbocycles. The topological polar surface area (TPSA) is 157 Å². The van der Waals surface area contributed by atoms with Crippen molar-refractivity contribution < 1.29 is 42.3 Å². The van der Waals surface area contributed by atoms with Crippen LogP contribution in [0.1, 0.15) is 75.6 Å². The molecule has 4 N–H and O–H groups in total. The molecule has 0 aliphatic rings. The normalized spacial score (nSPS) is 11.6. The van der Waals surface area contributed by atoms with E-state index in [1.807, 2.05) is 71.0 Å². The first-order valence-corrected chi connectivity index (χ1v) is 20.3. The number of nitrogens with one attached hydrogen (secondary N) is 1. The molecule has 304 valence electrons. The highest BCUT2D eigenvalue weighted by molar-refractivity contribution is 7.80. The molecule has 0 spiro atoms. The van der Waals surface area contributed by atoms with E-state index in [1.54, 1.807) is 36.4 Å². The summed E-state index contributed by atoms with van der Waals surface area (Å²) in [6.45, 7) is 11.2. The lowest BCUT2D eigenvalue weighted by Gasteiger charge is -2.18. The summed E-state index contributed by atoms with van der Waals surface area (Å²) in [5.74, 6) is 2.10. The third-order valence-electron chi connectivity index (χ3n) is 9.27. The Morgan fingerprint density at radius 3 is 1.68 bits per heavy atom. The van der Waals surface area contributed by atoms with Crippen molar-refractivity contribution in [2.24, 2.45) is 0 Å². The molecule has 0 radical (unpaired) electrons. The second-order valence-corrected chi connectivity index (χ2v) is 15.0. The van der Waals surface area contributed by atoms with E-state index in [0.717, 1.165) is 23.3 Å². The minimum Gasteiger partial charge on any atom is -0.507 e. The Morgan fingerprint density at radius 2 is 1.18 bits per heavy atom. The van der Waals surface area contributed by atoms with Crippen molar-refractivity contribution in [2.45, 2.75) is 79.8 Å². The third kappa shape index (κ3) is 11.9. The number of aryl methyl sites for hydroxylation is 1. The zero-order valence-corrected chi connectivity index (χ0v) is 34.1. The highest BCUT2D eigenvalue weighted by Gasteiger charge is 2.24. The Kier molecular flexibility index (Phi) is 15.6. The Hall–Kier alpha value is -5.30. The summed E-state index contributed by atoms with van der Waals surface area (Å²) in [6.07, 6.45) is 7.44. The van der Waals surface area contributed by atoms with Crippen LogP contribution < -0.4 is 29.1 Å². The number of allylic oxidation sites excluding steroid dienone is 4. The van der Waals surface area contributed by atoms with Crippen LogP contribution >= 0.6 is 0 Å². The zero-order chi connectivity index (χ0) is 40.9. The maximum atomic E-state index is 14.5. The number of hydrogen-bond donors (Lipinski definition) is 4. The van der Waals surface area contributed by atoms with Gasteiger partial charge in [0.1, 0.15) is 45.3 Å². The van der Waals surface area contributed by atoms with E-state index in [9.17, 15) is 19.2 Å². The maximum Gasteiger partial charge on any atom is 0.259 e. The van der Waals surface area contributed by atoms with Crippen LogP contribution in [0.5, 0.6) is 28.7 Å². The van der Waals surface area contributed by atoms with Crippen LogP contribution in [0.2, 0.25) is 0 Å². The minimum atomic E-state index is -2.15. The van der Waals surface area contributed by atoms with Gasteiger partial charge < -0.3 is 33.6 Å². The lowest BCUT2D eigenvalue weighted by Crippen LogP contribution is -2.12. The lowest BCUT2D eigenvalue weighted by molar-refractivity contribution is 0.249. The van der Waals surface area contributed by atoms with Gasteiger partial charge in [0, 0.05) is 28.9 Å². The van der Waals surface area contributed by atoms with Crippen molar-refractivity contribution >= 4 is 38.9 Å². The number of anilines is 1. The molecule has 12 heteroatoms. The highest BCUT2D eigenvalue weighted by Crippen LogP contribution is 2.39. The van der Waals surface area contributed by atoms with Crippen LogP contribution in [-0.4, -0.2) is 45.4 Å². The van der Waals surface area contributed by atoms with Crippen LogP contribution in [-0.2, 0) is 30.7 Å². The summed E-state index contributed by atoms with van der Waals surface area (Å²) in [5, 5.41) is 22.7. The summed E-state index contributed by atoms with van der Waals surface area (Å²) in [4.78, 5) is 14.5. The lowest BCUT2D eigenvalue weighted by atomic mass is 9.95. The quantitative estimate of drug-likeness (QED) is 0.0244. The Labute approximate surface area is 336 Å². The van der Waals surface area contributed by atoms with Gasteiger partial charge in [0.15, 0.2) is 0 Å². The molecule has 5 rings (SSSR count). The standard InChI is InChI=1S/C45H53NO10S/c1-29(2)10-20-35-37(28-47)39(55-25-9-7-23-53-34-18-14-32(15-19-34)46-57(50)51)27-40-42(35)45(49)43-41(56-40)26-38(36(44(43)48)21-11-30(3)4)54-24-8-6-22-52-33-16-12-31(5)13-17-33/h10-19,26-27,46-48H,6-9,20-25,28H2,1-5H3,(H,50,51). The van der Waals surface area contributed by atoms with Crippen LogP contribution in [0.3, 0.4) is 0 Å². The van der Waals surface area contributed by atoms with Gasteiger partial charge in [0.05, 0.1) is 38.4 Å². The Bertz CT molecular complexity index is 2270. The minimum absolute atomic E-state index is 0.0591. The Balaban J connectivity index is 1.38. The molecule has 4 aromatic carbocycles. The summed E-state index contributed by atoms with van der Waals surface area (Å²) in [6, 6.07) is 18.0. The molecule has 0 amide bonds. The molecular weight excluding hydrogens is 747 g/mol. The number of phenolic OH excluding ortho intramolecular Hbond substituents is 1. The van der Waals surface area contributed by atoms with E-state index in [-0.39, 0.29) is 34.3 Å². The summed E-state index contributed by atoms with van der Waals surface area (Å²) < 4.78 is 52.9. The van der Waals surface area contributed by atoms with Crippen molar-refractivity contribution in [1.82, 2.24) is 0 Å². The van der Waals surface area contributed by atoms with Gasteiger partial charge in [-0.1, -0.05) is 41.0 Å². The fraction of sp³-hybridized carbons (Fsp3) is 0.356. The number of phenols is 1. The van der Waals surface area contributed by atoms with Crippen molar-refractivity contribution in [3.8, 4) is 28.7 Å². The van der Waals surface area contributed by atoms with Gasteiger partial charge in [0.2, 0.25) is 5.43 Å². The van der Waals surface area contributed by atoms with E-state index in [2.05, 4.69) is 4.72 Å². The van der Waals surface area contributed by atoms with Crippen molar-refractivity contribution in [3.05, 3.63) is 116 Å². The van der Waals surface area contributed by atoms with E-state index < -0.39 is 16.7 Å². The number of hydrogen-bond acceptors (Lipinski definition) is 9. The van der Waals surface area contributed by atoms with Gasteiger partial charge in [0.25, 0.3) is 11.3 Å². The number of aliphatic hydroxyl groups is 1. The number of ether oxygens (including phenoxy) is 4. The number of fused-ring (bicyclic) bond motifs is 2. The van der Waals surface area contributed by atoms with Crippen molar-refractivity contribution in [2.75, 3.05) is 31.1 Å². The molecule has 0 aliphatic heterocycles. The summed E-state index contributed by atoms with van der Waals surface area (Å²) >= 11 is -2.15. The number of rotatable bonds is 21.